The maximum Gasteiger partial charge on any atom is 0.309 e. The van der Waals surface area contributed by atoms with Crippen molar-refractivity contribution in [3.63, 3.8) is 0 Å². The van der Waals surface area contributed by atoms with E-state index in [0.717, 1.165) is 12.8 Å². The van der Waals surface area contributed by atoms with E-state index in [0.29, 0.717) is 12.8 Å². The summed E-state index contributed by atoms with van der Waals surface area (Å²) in [5, 5.41) is 17.8. The lowest BCUT2D eigenvalue weighted by Gasteiger charge is -2.18. The van der Waals surface area contributed by atoms with Crippen LogP contribution in [0, 0.1) is 10.8 Å². The average molecular weight is 385 g/mol. The Hall–Kier alpha value is -2.62. The number of aliphatic carboxylic acids is 2. The third-order valence-electron chi connectivity index (χ3n) is 4.92. The van der Waals surface area contributed by atoms with Gasteiger partial charge in [-0.05, 0) is 64.5 Å². The first kappa shape index (κ1) is 23.4. The summed E-state index contributed by atoms with van der Waals surface area (Å²) in [5.74, 6) is -1.46. The van der Waals surface area contributed by atoms with Crippen molar-refractivity contribution in [1.82, 2.24) is 0 Å². The zero-order valence-corrected chi connectivity index (χ0v) is 17.3. The molecule has 2 aromatic carbocycles. The predicted molar refractivity (Wildman–Crippen MR) is 112 cm³/mol. The lowest BCUT2D eigenvalue weighted by atomic mass is 9.86. The fourth-order valence-electron chi connectivity index (χ4n) is 2.42. The molecule has 0 atom stereocenters. The Balaban J connectivity index is 0.000000280. The predicted octanol–water partition coefficient (Wildman–Crippen LogP) is 5.46. The van der Waals surface area contributed by atoms with Crippen molar-refractivity contribution in [2.45, 2.75) is 53.4 Å². The van der Waals surface area contributed by atoms with E-state index in [4.69, 9.17) is 10.2 Å². The molecule has 152 valence electrons. The van der Waals surface area contributed by atoms with E-state index in [-0.39, 0.29) is 0 Å². The van der Waals surface area contributed by atoms with Gasteiger partial charge in [0.15, 0.2) is 0 Å². The number of hydrogen-bond acceptors (Lipinski definition) is 2. The van der Waals surface area contributed by atoms with E-state index < -0.39 is 22.8 Å². The first-order chi connectivity index (χ1) is 13.0. The van der Waals surface area contributed by atoms with Gasteiger partial charge < -0.3 is 10.2 Å². The number of aryl methyl sites for hydroxylation is 2. The highest BCUT2D eigenvalue weighted by Gasteiger charge is 2.27. The van der Waals surface area contributed by atoms with Gasteiger partial charge in [0.05, 0.1) is 10.8 Å². The SMILES string of the molecule is CC(C)(CCc1ccccc1)C(=O)O.CC(C)(CCc1ccccc1)C(=O)O. The second kappa shape index (κ2) is 10.6. The normalized spacial score (nSPS) is 11.3. The molecule has 0 amide bonds. The van der Waals surface area contributed by atoms with E-state index in [1.165, 1.54) is 11.1 Å². The minimum absolute atomic E-state index is 0.629. The lowest BCUT2D eigenvalue weighted by molar-refractivity contribution is -0.148. The van der Waals surface area contributed by atoms with Crippen LogP contribution in [-0.2, 0) is 22.4 Å². The van der Waals surface area contributed by atoms with E-state index in [1.807, 2.05) is 60.7 Å². The molecule has 0 aliphatic heterocycles. The van der Waals surface area contributed by atoms with Gasteiger partial charge in [0.1, 0.15) is 0 Å². The molecule has 0 aliphatic rings. The van der Waals surface area contributed by atoms with Gasteiger partial charge in [-0.1, -0.05) is 60.7 Å². The molecule has 0 bridgehead atoms. The Morgan fingerprint density at radius 3 is 1.18 bits per heavy atom. The van der Waals surface area contributed by atoms with E-state index in [1.54, 1.807) is 27.7 Å². The zero-order chi connectivity index (χ0) is 21.2. The molecule has 28 heavy (non-hydrogen) atoms. The number of carbonyl (C=O) groups is 2. The van der Waals surface area contributed by atoms with Crippen LogP contribution in [0.2, 0.25) is 0 Å². The van der Waals surface area contributed by atoms with Gasteiger partial charge in [-0.15, -0.1) is 0 Å². The molecule has 0 saturated carbocycles. The van der Waals surface area contributed by atoms with Crippen LogP contribution >= 0.6 is 0 Å². The Kier molecular flexibility index (Phi) is 8.90. The minimum Gasteiger partial charge on any atom is -0.481 e. The molecular formula is C24H32O4. The van der Waals surface area contributed by atoms with Gasteiger partial charge in [0.25, 0.3) is 0 Å². The number of benzene rings is 2. The third-order valence-corrected chi connectivity index (χ3v) is 4.92. The molecule has 2 aromatic rings. The Morgan fingerprint density at radius 2 is 0.929 bits per heavy atom. The monoisotopic (exact) mass is 384 g/mol. The molecule has 0 aliphatic carbocycles. The summed E-state index contributed by atoms with van der Waals surface area (Å²) in [4.78, 5) is 21.7. The molecule has 0 heterocycles. The summed E-state index contributed by atoms with van der Waals surface area (Å²) in [6, 6.07) is 19.9. The molecule has 4 nitrogen and oxygen atoms in total. The summed E-state index contributed by atoms with van der Waals surface area (Å²) in [6.07, 6.45) is 2.99. The first-order valence-corrected chi connectivity index (χ1v) is 9.59. The standard InChI is InChI=1S/2C12H16O2/c2*1-12(2,11(13)14)9-8-10-6-4-3-5-7-10/h2*3-7H,8-9H2,1-2H3,(H,13,14). The van der Waals surface area contributed by atoms with Crippen molar-refractivity contribution in [3.05, 3.63) is 71.8 Å². The Bertz CT molecular complexity index is 668. The minimum atomic E-state index is -0.728. The highest BCUT2D eigenvalue weighted by atomic mass is 16.4. The smallest absolute Gasteiger partial charge is 0.309 e. The quantitative estimate of drug-likeness (QED) is 0.634. The van der Waals surface area contributed by atoms with Gasteiger partial charge >= 0.3 is 11.9 Å². The number of rotatable bonds is 8. The number of carboxylic acids is 2. The van der Waals surface area contributed by atoms with Crippen molar-refractivity contribution >= 4 is 11.9 Å². The topological polar surface area (TPSA) is 74.6 Å². The van der Waals surface area contributed by atoms with Gasteiger partial charge in [0, 0.05) is 0 Å². The van der Waals surface area contributed by atoms with Gasteiger partial charge in [-0.3, -0.25) is 9.59 Å². The molecular weight excluding hydrogens is 352 g/mol. The maximum absolute atomic E-state index is 10.8. The van der Waals surface area contributed by atoms with Crippen LogP contribution in [0.3, 0.4) is 0 Å². The molecule has 0 fully saturated rings. The molecule has 2 rings (SSSR count). The third kappa shape index (κ3) is 8.38. The van der Waals surface area contributed by atoms with Crippen molar-refractivity contribution < 1.29 is 19.8 Å². The van der Waals surface area contributed by atoms with Crippen molar-refractivity contribution in [3.8, 4) is 0 Å². The van der Waals surface area contributed by atoms with E-state index in [9.17, 15) is 9.59 Å². The van der Waals surface area contributed by atoms with Crippen LogP contribution in [0.1, 0.15) is 51.7 Å². The molecule has 0 saturated heterocycles. The fraction of sp³-hybridized carbons (Fsp3) is 0.417. The zero-order valence-electron chi connectivity index (χ0n) is 17.3. The molecule has 0 radical (unpaired) electrons. The number of hydrogen-bond donors (Lipinski definition) is 2. The van der Waals surface area contributed by atoms with Gasteiger partial charge in [0.2, 0.25) is 0 Å². The van der Waals surface area contributed by atoms with Crippen LogP contribution < -0.4 is 0 Å². The number of carboxylic acid groups (broad SMARTS) is 2. The van der Waals surface area contributed by atoms with Crippen molar-refractivity contribution in [2.75, 3.05) is 0 Å². The van der Waals surface area contributed by atoms with Crippen molar-refractivity contribution in [2.24, 2.45) is 10.8 Å². The van der Waals surface area contributed by atoms with Gasteiger partial charge in [-0.25, -0.2) is 0 Å². The van der Waals surface area contributed by atoms with E-state index >= 15 is 0 Å². The fourth-order valence-corrected chi connectivity index (χ4v) is 2.42. The average Bonchev–Trinajstić information content (AvgIpc) is 2.67. The largest absolute Gasteiger partial charge is 0.481 e. The summed E-state index contributed by atoms with van der Waals surface area (Å²) in [6.45, 7) is 7.05. The van der Waals surface area contributed by atoms with Gasteiger partial charge in [-0.2, -0.15) is 0 Å². The second-order valence-electron chi connectivity index (χ2n) is 8.35. The Labute approximate surface area is 168 Å². The Morgan fingerprint density at radius 1 is 0.643 bits per heavy atom. The van der Waals surface area contributed by atoms with E-state index in [2.05, 4.69) is 0 Å². The van der Waals surface area contributed by atoms with Crippen LogP contribution in [0.25, 0.3) is 0 Å². The molecule has 4 heteroatoms. The molecule has 0 unspecified atom stereocenters. The van der Waals surface area contributed by atoms with Crippen LogP contribution in [-0.4, -0.2) is 22.2 Å². The summed E-state index contributed by atoms with van der Waals surface area (Å²) < 4.78 is 0. The summed E-state index contributed by atoms with van der Waals surface area (Å²) >= 11 is 0. The van der Waals surface area contributed by atoms with Crippen LogP contribution in [0.15, 0.2) is 60.7 Å². The summed E-state index contributed by atoms with van der Waals surface area (Å²) in [5.41, 5.74) is 1.13. The lowest BCUT2D eigenvalue weighted by Crippen LogP contribution is -2.24. The highest BCUT2D eigenvalue weighted by Crippen LogP contribution is 2.23. The first-order valence-electron chi connectivity index (χ1n) is 9.59. The second-order valence-corrected chi connectivity index (χ2v) is 8.35. The van der Waals surface area contributed by atoms with Crippen molar-refractivity contribution in [1.29, 1.82) is 0 Å². The summed E-state index contributed by atoms with van der Waals surface area (Å²) in [7, 11) is 0. The molecule has 0 spiro atoms. The highest BCUT2D eigenvalue weighted by molar-refractivity contribution is 5.73. The molecule has 0 aromatic heterocycles. The van der Waals surface area contributed by atoms with Crippen LogP contribution in [0.5, 0.6) is 0 Å². The van der Waals surface area contributed by atoms with Crippen LogP contribution in [0.4, 0.5) is 0 Å². The molecule has 2 N–H and O–H groups in total. The maximum atomic E-state index is 10.8.